The Morgan fingerprint density at radius 2 is 2.20 bits per heavy atom. The third-order valence-corrected chi connectivity index (χ3v) is 1.41. The van der Waals surface area contributed by atoms with Gasteiger partial charge in [-0.25, -0.2) is 0 Å². The Morgan fingerprint density at radius 1 is 1.50 bits per heavy atom. The van der Waals surface area contributed by atoms with Gasteiger partial charge in [-0.15, -0.1) is 0 Å². The molecule has 0 aliphatic rings. The summed E-state index contributed by atoms with van der Waals surface area (Å²) in [4.78, 5) is 0. The summed E-state index contributed by atoms with van der Waals surface area (Å²) >= 11 is 0. The van der Waals surface area contributed by atoms with Crippen LogP contribution in [0.1, 0.15) is 40.0 Å². The van der Waals surface area contributed by atoms with Crippen molar-refractivity contribution in [3.63, 3.8) is 0 Å². The van der Waals surface area contributed by atoms with Crippen molar-refractivity contribution in [1.82, 2.24) is 0 Å². The highest BCUT2D eigenvalue weighted by Crippen LogP contribution is 2.03. The van der Waals surface area contributed by atoms with Crippen molar-refractivity contribution >= 4 is 0 Å². The maximum absolute atomic E-state index is 5.31. The maximum Gasteiger partial charge on any atom is 0.0950 e. The number of unbranched alkanes of at least 4 members (excludes halogenated alkanes) is 1. The summed E-state index contributed by atoms with van der Waals surface area (Å²) in [6.07, 6.45) is 7.75. The molecular formula is C9H18O. The van der Waals surface area contributed by atoms with Gasteiger partial charge in [0.05, 0.1) is 12.4 Å². The molecule has 0 aromatic carbocycles. The van der Waals surface area contributed by atoms with E-state index in [0.29, 0.717) is 6.10 Å². The van der Waals surface area contributed by atoms with Gasteiger partial charge in [0.15, 0.2) is 0 Å². The smallest absolute Gasteiger partial charge is 0.0950 e. The van der Waals surface area contributed by atoms with Gasteiger partial charge in [-0.1, -0.05) is 25.8 Å². The normalized spacial score (nSPS) is 13.9. The zero-order valence-electron chi connectivity index (χ0n) is 7.26. The quantitative estimate of drug-likeness (QED) is 0.536. The van der Waals surface area contributed by atoms with Crippen LogP contribution in [0.25, 0.3) is 0 Å². The standard InChI is InChI=1S/C9H18O/c1-4-6-7-9(3)10-8-5-2/h5,8-9H,4,6-7H2,1-3H3/b8-5+. The molecule has 1 unspecified atom stereocenters. The SMILES string of the molecule is C/C=C/OC(C)CCCC. The molecule has 0 aliphatic carbocycles. The minimum atomic E-state index is 0.385. The van der Waals surface area contributed by atoms with Crippen LogP contribution in [0, 0.1) is 0 Å². The van der Waals surface area contributed by atoms with Crippen LogP contribution in [0.4, 0.5) is 0 Å². The lowest BCUT2D eigenvalue weighted by molar-refractivity contribution is 0.150. The highest BCUT2D eigenvalue weighted by atomic mass is 16.5. The molecule has 1 heteroatoms. The molecule has 0 fully saturated rings. The minimum Gasteiger partial charge on any atom is -0.499 e. The van der Waals surface area contributed by atoms with E-state index in [1.807, 2.05) is 13.0 Å². The zero-order chi connectivity index (χ0) is 7.82. The molecule has 0 radical (unpaired) electrons. The number of allylic oxidation sites excluding steroid dienone is 1. The lowest BCUT2D eigenvalue weighted by atomic mass is 10.2. The van der Waals surface area contributed by atoms with Crippen molar-refractivity contribution in [3.05, 3.63) is 12.3 Å². The predicted molar refractivity (Wildman–Crippen MR) is 44.9 cm³/mol. The molecule has 10 heavy (non-hydrogen) atoms. The molecule has 1 atom stereocenters. The fraction of sp³-hybridized carbons (Fsp3) is 0.778. The average Bonchev–Trinajstić information content (AvgIpc) is 1.97. The molecule has 0 spiro atoms. The van der Waals surface area contributed by atoms with Gasteiger partial charge in [0.2, 0.25) is 0 Å². The Hall–Kier alpha value is -0.460. The van der Waals surface area contributed by atoms with E-state index in [1.165, 1.54) is 19.3 Å². The Kier molecular flexibility index (Phi) is 6.35. The number of ether oxygens (including phenoxy) is 1. The van der Waals surface area contributed by atoms with E-state index in [1.54, 1.807) is 6.26 Å². The molecule has 0 saturated carbocycles. The Morgan fingerprint density at radius 3 is 2.70 bits per heavy atom. The third kappa shape index (κ3) is 5.67. The number of rotatable bonds is 5. The minimum absolute atomic E-state index is 0.385. The van der Waals surface area contributed by atoms with E-state index >= 15 is 0 Å². The van der Waals surface area contributed by atoms with E-state index in [9.17, 15) is 0 Å². The van der Waals surface area contributed by atoms with Crippen LogP contribution in [0.5, 0.6) is 0 Å². The van der Waals surface area contributed by atoms with Gasteiger partial charge in [0.25, 0.3) is 0 Å². The molecule has 0 N–H and O–H groups in total. The largest absolute Gasteiger partial charge is 0.499 e. The summed E-state index contributed by atoms with van der Waals surface area (Å²) in [5, 5.41) is 0. The molecule has 1 nitrogen and oxygen atoms in total. The summed E-state index contributed by atoms with van der Waals surface area (Å²) in [6.45, 7) is 6.27. The van der Waals surface area contributed by atoms with Gasteiger partial charge in [-0.05, 0) is 20.3 Å². The van der Waals surface area contributed by atoms with E-state index in [-0.39, 0.29) is 0 Å². The topological polar surface area (TPSA) is 9.23 Å². The second-order valence-electron chi connectivity index (χ2n) is 2.56. The van der Waals surface area contributed by atoms with Gasteiger partial charge < -0.3 is 4.74 Å². The van der Waals surface area contributed by atoms with Crippen molar-refractivity contribution < 1.29 is 4.74 Å². The zero-order valence-corrected chi connectivity index (χ0v) is 7.26. The first-order valence-corrected chi connectivity index (χ1v) is 4.07. The van der Waals surface area contributed by atoms with Gasteiger partial charge >= 0.3 is 0 Å². The van der Waals surface area contributed by atoms with Crippen molar-refractivity contribution in [1.29, 1.82) is 0 Å². The summed E-state index contributed by atoms with van der Waals surface area (Å²) in [7, 11) is 0. The Bertz CT molecular complexity index is 86.7. The second kappa shape index (κ2) is 6.66. The summed E-state index contributed by atoms with van der Waals surface area (Å²) in [5.74, 6) is 0. The van der Waals surface area contributed by atoms with Crippen molar-refractivity contribution in [3.8, 4) is 0 Å². The molecule has 0 rings (SSSR count). The fourth-order valence-corrected chi connectivity index (χ4v) is 0.772. The average molecular weight is 142 g/mol. The highest BCUT2D eigenvalue weighted by molar-refractivity contribution is 4.67. The van der Waals surface area contributed by atoms with Crippen LogP contribution >= 0.6 is 0 Å². The van der Waals surface area contributed by atoms with Crippen LogP contribution in [0.2, 0.25) is 0 Å². The summed E-state index contributed by atoms with van der Waals surface area (Å²) < 4.78 is 5.31. The van der Waals surface area contributed by atoms with Gasteiger partial charge in [0.1, 0.15) is 0 Å². The van der Waals surface area contributed by atoms with E-state index in [2.05, 4.69) is 13.8 Å². The first-order chi connectivity index (χ1) is 4.81. The number of hydrogen-bond donors (Lipinski definition) is 0. The predicted octanol–water partition coefficient (Wildman–Crippen LogP) is 3.12. The van der Waals surface area contributed by atoms with Crippen LogP contribution in [-0.2, 0) is 4.74 Å². The molecule has 0 heterocycles. The van der Waals surface area contributed by atoms with Crippen molar-refractivity contribution in [2.45, 2.75) is 46.1 Å². The lowest BCUT2D eigenvalue weighted by Crippen LogP contribution is -2.02. The maximum atomic E-state index is 5.31. The monoisotopic (exact) mass is 142 g/mol. The highest BCUT2D eigenvalue weighted by Gasteiger charge is 1.96. The van der Waals surface area contributed by atoms with Gasteiger partial charge in [-0.2, -0.15) is 0 Å². The van der Waals surface area contributed by atoms with Gasteiger partial charge in [-0.3, -0.25) is 0 Å². The molecular weight excluding hydrogens is 124 g/mol. The van der Waals surface area contributed by atoms with Crippen LogP contribution in [0.3, 0.4) is 0 Å². The molecule has 0 amide bonds. The third-order valence-electron chi connectivity index (χ3n) is 1.41. The Labute approximate surface area is 64.1 Å². The fourth-order valence-electron chi connectivity index (χ4n) is 0.772. The van der Waals surface area contributed by atoms with E-state index < -0.39 is 0 Å². The first kappa shape index (κ1) is 9.54. The first-order valence-electron chi connectivity index (χ1n) is 4.07. The number of hydrogen-bond acceptors (Lipinski definition) is 1. The van der Waals surface area contributed by atoms with Gasteiger partial charge in [0, 0.05) is 0 Å². The molecule has 60 valence electrons. The van der Waals surface area contributed by atoms with Crippen LogP contribution < -0.4 is 0 Å². The molecule has 0 saturated heterocycles. The molecule has 0 aromatic rings. The van der Waals surface area contributed by atoms with Crippen LogP contribution in [-0.4, -0.2) is 6.10 Å². The lowest BCUT2D eigenvalue weighted by Gasteiger charge is -2.09. The van der Waals surface area contributed by atoms with Crippen molar-refractivity contribution in [2.24, 2.45) is 0 Å². The summed E-state index contributed by atoms with van der Waals surface area (Å²) in [5.41, 5.74) is 0. The second-order valence-corrected chi connectivity index (χ2v) is 2.56. The van der Waals surface area contributed by atoms with Crippen molar-refractivity contribution in [2.75, 3.05) is 0 Å². The Balaban J connectivity index is 3.16. The molecule has 0 aromatic heterocycles. The van der Waals surface area contributed by atoms with Crippen LogP contribution in [0.15, 0.2) is 12.3 Å². The van der Waals surface area contributed by atoms with E-state index in [0.717, 1.165) is 0 Å². The molecule has 0 bridgehead atoms. The molecule has 0 aliphatic heterocycles. The van der Waals surface area contributed by atoms with E-state index in [4.69, 9.17) is 4.74 Å². The summed E-state index contributed by atoms with van der Waals surface area (Å²) in [6, 6.07) is 0.